The lowest BCUT2D eigenvalue weighted by Gasteiger charge is -2.10. The van der Waals surface area contributed by atoms with Gasteiger partial charge in [0.2, 0.25) is 5.88 Å². The third kappa shape index (κ3) is 3.48. The second-order valence-corrected chi connectivity index (χ2v) is 5.11. The first kappa shape index (κ1) is 15.0. The van der Waals surface area contributed by atoms with E-state index in [1.807, 2.05) is 31.2 Å². The van der Waals surface area contributed by atoms with Gasteiger partial charge in [-0.25, -0.2) is 9.97 Å². The molecule has 0 atom stereocenters. The largest absolute Gasteiger partial charge is 0.477 e. The van der Waals surface area contributed by atoms with E-state index in [1.165, 1.54) is 0 Å². The van der Waals surface area contributed by atoms with E-state index < -0.39 is 0 Å². The molecule has 0 radical (unpaired) electrons. The second kappa shape index (κ2) is 6.91. The van der Waals surface area contributed by atoms with Crippen molar-refractivity contribution < 1.29 is 9.53 Å². The van der Waals surface area contributed by atoms with E-state index in [4.69, 9.17) is 4.74 Å². The van der Waals surface area contributed by atoms with Gasteiger partial charge in [-0.05, 0) is 30.7 Å². The zero-order chi connectivity index (χ0) is 16.1. The fourth-order valence-electron chi connectivity index (χ4n) is 2.21. The Kier molecular flexibility index (Phi) is 4.52. The SMILES string of the molecule is CCCOc1ncccc1CNC(=O)c1ccc2cc[nH]c2n1. The van der Waals surface area contributed by atoms with Crippen molar-refractivity contribution >= 4 is 16.9 Å². The highest BCUT2D eigenvalue weighted by Gasteiger charge is 2.10. The Morgan fingerprint density at radius 2 is 2.22 bits per heavy atom. The van der Waals surface area contributed by atoms with Gasteiger partial charge >= 0.3 is 0 Å². The Bertz CT molecular complexity index is 813. The standard InChI is InChI=1S/C17H18N4O2/c1-2-10-23-17-13(4-3-8-19-17)11-20-16(22)14-6-5-12-7-9-18-15(12)21-14/h3-9H,2,10-11H2,1H3,(H,18,21)(H,20,22). The van der Waals surface area contributed by atoms with E-state index in [2.05, 4.69) is 20.3 Å². The summed E-state index contributed by atoms with van der Waals surface area (Å²) < 4.78 is 5.59. The highest BCUT2D eigenvalue weighted by molar-refractivity contribution is 5.94. The van der Waals surface area contributed by atoms with Gasteiger partial charge in [-0.15, -0.1) is 0 Å². The first-order valence-corrected chi connectivity index (χ1v) is 7.57. The Labute approximate surface area is 133 Å². The molecule has 3 aromatic heterocycles. The minimum absolute atomic E-state index is 0.230. The number of hydrogen-bond acceptors (Lipinski definition) is 4. The van der Waals surface area contributed by atoms with Crippen LogP contribution in [0.1, 0.15) is 29.4 Å². The van der Waals surface area contributed by atoms with E-state index in [9.17, 15) is 4.79 Å². The van der Waals surface area contributed by atoms with Crippen LogP contribution in [0.25, 0.3) is 11.0 Å². The number of nitrogens with one attached hydrogen (secondary N) is 2. The molecule has 6 heteroatoms. The molecule has 0 spiro atoms. The van der Waals surface area contributed by atoms with Crippen LogP contribution in [0.3, 0.4) is 0 Å². The molecule has 0 bridgehead atoms. The van der Waals surface area contributed by atoms with Gasteiger partial charge < -0.3 is 15.0 Å². The number of fused-ring (bicyclic) bond motifs is 1. The molecule has 0 aliphatic rings. The van der Waals surface area contributed by atoms with E-state index in [1.54, 1.807) is 18.5 Å². The van der Waals surface area contributed by atoms with Crippen LogP contribution in [0.5, 0.6) is 5.88 Å². The van der Waals surface area contributed by atoms with Crippen molar-refractivity contribution in [1.29, 1.82) is 0 Å². The normalized spacial score (nSPS) is 10.7. The summed E-state index contributed by atoms with van der Waals surface area (Å²) in [4.78, 5) is 23.8. The lowest BCUT2D eigenvalue weighted by Crippen LogP contribution is -2.24. The summed E-state index contributed by atoms with van der Waals surface area (Å²) in [6, 6.07) is 9.21. The summed E-state index contributed by atoms with van der Waals surface area (Å²) in [6.45, 7) is 2.98. The minimum Gasteiger partial charge on any atom is -0.477 e. The molecule has 6 nitrogen and oxygen atoms in total. The van der Waals surface area contributed by atoms with Gasteiger partial charge in [0.25, 0.3) is 5.91 Å². The summed E-state index contributed by atoms with van der Waals surface area (Å²) in [7, 11) is 0. The third-order valence-corrected chi connectivity index (χ3v) is 3.37. The van der Waals surface area contributed by atoms with Gasteiger partial charge in [0.05, 0.1) is 6.61 Å². The molecule has 3 rings (SSSR count). The lowest BCUT2D eigenvalue weighted by molar-refractivity contribution is 0.0946. The van der Waals surface area contributed by atoms with Crippen LogP contribution >= 0.6 is 0 Å². The van der Waals surface area contributed by atoms with Crippen molar-refractivity contribution in [3.05, 3.63) is 54.0 Å². The van der Waals surface area contributed by atoms with Crippen LogP contribution in [0.2, 0.25) is 0 Å². The zero-order valence-corrected chi connectivity index (χ0v) is 12.9. The summed E-state index contributed by atoms with van der Waals surface area (Å²) in [5, 5.41) is 3.83. The van der Waals surface area contributed by atoms with Crippen LogP contribution in [-0.2, 0) is 6.54 Å². The molecule has 0 saturated carbocycles. The van der Waals surface area contributed by atoms with Crippen LogP contribution in [0.15, 0.2) is 42.7 Å². The predicted octanol–water partition coefficient (Wildman–Crippen LogP) is 2.68. The maximum Gasteiger partial charge on any atom is 0.270 e. The molecule has 2 N–H and O–H groups in total. The number of ether oxygens (including phenoxy) is 1. The number of H-pyrrole nitrogens is 1. The number of aromatic nitrogens is 3. The fraction of sp³-hybridized carbons (Fsp3) is 0.235. The van der Waals surface area contributed by atoms with Gasteiger partial charge in [0.15, 0.2) is 0 Å². The number of nitrogens with zero attached hydrogens (tertiary/aromatic N) is 2. The Balaban J connectivity index is 1.69. The van der Waals surface area contributed by atoms with Gasteiger partial charge in [0.1, 0.15) is 11.3 Å². The Morgan fingerprint density at radius 3 is 3.09 bits per heavy atom. The molecule has 118 valence electrons. The van der Waals surface area contributed by atoms with Gasteiger partial charge in [0, 0.05) is 29.9 Å². The topological polar surface area (TPSA) is 79.9 Å². The lowest BCUT2D eigenvalue weighted by atomic mass is 10.2. The first-order valence-electron chi connectivity index (χ1n) is 7.57. The quantitative estimate of drug-likeness (QED) is 0.733. The molecular formula is C17H18N4O2. The monoisotopic (exact) mass is 310 g/mol. The molecule has 3 aromatic rings. The molecule has 0 saturated heterocycles. The molecule has 23 heavy (non-hydrogen) atoms. The van der Waals surface area contributed by atoms with Gasteiger partial charge in [-0.3, -0.25) is 4.79 Å². The molecule has 0 unspecified atom stereocenters. The average molecular weight is 310 g/mol. The van der Waals surface area contributed by atoms with Crippen molar-refractivity contribution in [3.8, 4) is 5.88 Å². The Hall–Kier alpha value is -2.89. The molecule has 0 fully saturated rings. The second-order valence-electron chi connectivity index (χ2n) is 5.11. The fourth-order valence-corrected chi connectivity index (χ4v) is 2.21. The maximum absolute atomic E-state index is 12.3. The van der Waals surface area contributed by atoms with Gasteiger partial charge in [-0.1, -0.05) is 13.0 Å². The van der Waals surface area contributed by atoms with Crippen LogP contribution in [-0.4, -0.2) is 27.5 Å². The van der Waals surface area contributed by atoms with Crippen molar-refractivity contribution in [1.82, 2.24) is 20.3 Å². The van der Waals surface area contributed by atoms with Gasteiger partial charge in [-0.2, -0.15) is 0 Å². The number of amides is 1. The zero-order valence-electron chi connectivity index (χ0n) is 12.9. The van der Waals surface area contributed by atoms with Crippen LogP contribution in [0, 0.1) is 0 Å². The summed E-state index contributed by atoms with van der Waals surface area (Å²) in [5.41, 5.74) is 1.92. The smallest absolute Gasteiger partial charge is 0.270 e. The minimum atomic E-state index is -0.230. The van der Waals surface area contributed by atoms with Crippen molar-refractivity contribution in [2.45, 2.75) is 19.9 Å². The Morgan fingerprint density at radius 1 is 1.30 bits per heavy atom. The number of pyridine rings is 2. The number of hydrogen-bond donors (Lipinski definition) is 2. The number of carbonyl (C=O) groups excluding carboxylic acids is 1. The highest BCUT2D eigenvalue weighted by atomic mass is 16.5. The molecule has 0 aliphatic heterocycles. The maximum atomic E-state index is 12.3. The van der Waals surface area contributed by atoms with Crippen LogP contribution < -0.4 is 10.1 Å². The molecular weight excluding hydrogens is 292 g/mol. The first-order chi connectivity index (χ1) is 11.3. The van der Waals surface area contributed by atoms with Crippen molar-refractivity contribution in [3.63, 3.8) is 0 Å². The van der Waals surface area contributed by atoms with Crippen molar-refractivity contribution in [2.75, 3.05) is 6.61 Å². The van der Waals surface area contributed by atoms with E-state index in [0.717, 1.165) is 17.4 Å². The van der Waals surface area contributed by atoms with E-state index >= 15 is 0 Å². The molecule has 0 aliphatic carbocycles. The number of aromatic amines is 1. The highest BCUT2D eigenvalue weighted by Crippen LogP contribution is 2.15. The average Bonchev–Trinajstić information content (AvgIpc) is 3.06. The predicted molar refractivity (Wildman–Crippen MR) is 87.3 cm³/mol. The summed E-state index contributed by atoms with van der Waals surface area (Å²) in [6.07, 6.45) is 4.38. The van der Waals surface area contributed by atoms with E-state index in [0.29, 0.717) is 30.4 Å². The molecule has 3 heterocycles. The third-order valence-electron chi connectivity index (χ3n) is 3.37. The molecule has 1 amide bonds. The summed E-state index contributed by atoms with van der Waals surface area (Å²) in [5.74, 6) is 0.328. The van der Waals surface area contributed by atoms with Crippen LogP contribution in [0.4, 0.5) is 0 Å². The van der Waals surface area contributed by atoms with Crippen molar-refractivity contribution in [2.24, 2.45) is 0 Å². The molecule has 0 aromatic carbocycles. The number of carbonyl (C=O) groups is 1. The van der Waals surface area contributed by atoms with E-state index in [-0.39, 0.29) is 5.91 Å². The number of rotatable bonds is 6. The summed E-state index contributed by atoms with van der Waals surface area (Å²) >= 11 is 0.